The Morgan fingerprint density at radius 1 is 1.43 bits per heavy atom. The molecular formula is C15H19N5OS2. The van der Waals surface area contributed by atoms with E-state index in [1.807, 2.05) is 42.9 Å². The first-order valence-electron chi connectivity index (χ1n) is 7.31. The normalized spacial score (nSPS) is 12.5. The summed E-state index contributed by atoms with van der Waals surface area (Å²) < 4.78 is 1.96. The second kappa shape index (κ2) is 6.29. The molecule has 3 heterocycles. The number of fused-ring (bicyclic) bond motifs is 1. The highest BCUT2D eigenvalue weighted by Crippen LogP contribution is 2.28. The van der Waals surface area contributed by atoms with E-state index in [0.29, 0.717) is 6.54 Å². The van der Waals surface area contributed by atoms with Crippen molar-refractivity contribution in [3.63, 3.8) is 0 Å². The molecule has 1 unspecified atom stereocenters. The number of aryl methyl sites for hydroxylation is 2. The van der Waals surface area contributed by atoms with Crippen LogP contribution in [0.25, 0.3) is 4.96 Å². The summed E-state index contributed by atoms with van der Waals surface area (Å²) in [6.07, 6.45) is 3.90. The van der Waals surface area contributed by atoms with Crippen LogP contribution in [-0.2, 0) is 6.54 Å². The molecule has 3 rings (SSSR count). The second-order valence-corrected chi connectivity index (χ2v) is 7.56. The number of imidazole rings is 1. The number of urea groups is 1. The molecule has 2 amide bonds. The predicted molar refractivity (Wildman–Crippen MR) is 93.1 cm³/mol. The van der Waals surface area contributed by atoms with E-state index >= 15 is 0 Å². The van der Waals surface area contributed by atoms with E-state index in [-0.39, 0.29) is 12.1 Å². The van der Waals surface area contributed by atoms with Crippen LogP contribution in [0.5, 0.6) is 0 Å². The van der Waals surface area contributed by atoms with Gasteiger partial charge in [-0.2, -0.15) is 0 Å². The first-order chi connectivity index (χ1) is 11.0. The standard InChI is InChI=1S/C15H19N5OS2/c1-9-13(23-11(3)17-9)10(2)19(4)14(21)16-7-12-8-20-5-6-22-15(20)18-12/h5-6,8,10H,7H2,1-4H3,(H,16,21). The Morgan fingerprint density at radius 2 is 2.22 bits per heavy atom. The molecule has 122 valence electrons. The molecular weight excluding hydrogens is 330 g/mol. The lowest BCUT2D eigenvalue weighted by Crippen LogP contribution is -2.38. The molecule has 8 heteroatoms. The summed E-state index contributed by atoms with van der Waals surface area (Å²) in [5.41, 5.74) is 1.85. The van der Waals surface area contributed by atoms with Gasteiger partial charge in [-0.15, -0.1) is 22.7 Å². The molecule has 1 N–H and O–H groups in total. The van der Waals surface area contributed by atoms with Crippen LogP contribution in [0.15, 0.2) is 17.8 Å². The zero-order valence-electron chi connectivity index (χ0n) is 13.5. The number of amides is 2. The van der Waals surface area contributed by atoms with Crippen LogP contribution in [-0.4, -0.2) is 32.3 Å². The monoisotopic (exact) mass is 349 g/mol. The maximum atomic E-state index is 12.4. The summed E-state index contributed by atoms with van der Waals surface area (Å²) in [5, 5.41) is 5.94. The minimum absolute atomic E-state index is 0.00769. The average molecular weight is 349 g/mol. The molecule has 0 fully saturated rings. The maximum Gasteiger partial charge on any atom is 0.317 e. The van der Waals surface area contributed by atoms with E-state index in [2.05, 4.69) is 15.3 Å². The fourth-order valence-electron chi connectivity index (χ4n) is 2.44. The van der Waals surface area contributed by atoms with Crippen LogP contribution in [0.4, 0.5) is 4.79 Å². The van der Waals surface area contributed by atoms with Crippen molar-refractivity contribution in [1.29, 1.82) is 0 Å². The zero-order chi connectivity index (χ0) is 16.6. The number of carbonyl (C=O) groups is 1. The van der Waals surface area contributed by atoms with E-state index in [9.17, 15) is 4.79 Å². The molecule has 23 heavy (non-hydrogen) atoms. The largest absolute Gasteiger partial charge is 0.332 e. The number of carbonyl (C=O) groups excluding carboxylic acids is 1. The van der Waals surface area contributed by atoms with Crippen LogP contribution in [0.3, 0.4) is 0 Å². The molecule has 0 saturated carbocycles. The lowest BCUT2D eigenvalue weighted by Gasteiger charge is -2.24. The predicted octanol–water partition coefficient (Wildman–Crippen LogP) is 3.37. The Hall–Kier alpha value is -1.93. The third-order valence-electron chi connectivity index (χ3n) is 3.78. The third-order valence-corrected chi connectivity index (χ3v) is 5.80. The molecule has 0 radical (unpaired) electrons. The summed E-state index contributed by atoms with van der Waals surface area (Å²) in [6.45, 7) is 6.41. The van der Waals surface area contributed by atoms with E-state index in [1.165, 1.54) is 0 Å². The van der Waals surface area contributed by atoms with Gasteiger partial charge in [-0.1, -0.05) is 0 Å². The van der Waals surface area contributed by atoms with Gasteiger partial charge in [0.2, 0.25) is 0 Å². The minimum atomic E-state index is -0.112. The molecule has 0 aromatic carbocycles. The Kier molecular flexibility index (Phi) is 4.36. The summed E-state index contributed by atoms with van der Waals surface area (Å²) >= 11 is 3.22. The lowest BCUT2D eigenvalue weighted by molar-refractivity contribution is 0.194. The highest BCUT2D eigenvalue weighted by molar-refractivity contribution is 7.15. The SMILES string of the molecule is Cc1nc(C)c(C(C)N(C)C(=O)NCc2cn3ccsc3n2)s1. The number of hydrogen-bond donors (Lipinski definition) is 1. The zero-order valence-corrected chi connectivity index (χ0v) is 15.2. The Bertz CT molecular complexity index is 806. The fraction of sp³-hybridized carbons (Fsp3) is 0.400. The van der Waals surface area contributed by atoms with E-state index in [1.54, 1.807) is 34.6 Å². The summed E-state index contributed by atoms with van der Waals surface area (Å²) in [7, 11) is 1.81. The smallest absolute Gasteiger partial charge is 0.317 e. The van der Waals surface area contributed by atoms with Crippen molar-refractivity contribution in [3.05, 3.63) is 39.0 Å². The number of hydrogen-bond acceptors (Lipinski definition) is 5. The van der Waals surface area contributed by atoms with E-state index < -0.39 is 0 Å². The van der Waals surface area contributed by atoms with Crippen LogP contribution >= 0.6 is 22.7 Å². The first-order valence-corrected chi connectivity index (χ1v) is 9.01. The van der Waals surface area contributed by atoms with Crippen molar-refractivity contribution < 1.29 is 4.79 Å². The van der Waals surface area contributed by atoms with Crippen LogP contribution in [0.2, 0.25) is 0 Å². The maximum absolute atomic E-state index is 12.4. The van der Waals surface area contributed by atoms with E-state index in [0.717, 1.165) is 26.2 Å². The molecule has 0 aliphatic heterocycles. The Morgan fingerprint density at radius 3 is 2.87 bits per heavy atom. The average Bonchev–Trinajstić information content (AvgIpc) is 3.17. The fourth-order valence-corrected chi connectivity index (χ4v) is 4.18. The second-order valence-electron chi connectivity index (χ2n) is 5.45. The van der Waals surface area contributed by atoms with Gasteiger partial charge in [-0.3, -0.25) is 4.40 Å². The van der Waals surface area contributed by atoms with Gasteiger partial charge in [-0.25, -0.2) is 14.8 Å². The molecule has 0 bridgehead atoms. The van der Waals surface area contributed by atoms with Crippen LogP contribution in [0, 0.1) is 13.8 Å². The van der Waals surface area contributed by atoms with Gasteiger partial charge in [0.15, 0.2) is 4.96 Å². The Balaban J connectivity index is 1.62. The van der Waals surface area contributed by atoms with Gasteiger partial charge in [0.05, 0.1) is 29.0 Å². The highest BCUT2D eigenvalue weighted by Gasteiger charge is 2.21. The van der Waals surface area contributed by atoms with E-state index in [4.69, 9.17) is 0 Å². The first kappa shape index (κ1) is 15.9. The third kappa shape index (κ3) is 3.23. The van der Waals surface area contributed by atoms with Crippen molar-refractivity contribution in [3.8, 4) is 0 Å². The number of nitrogens with one attached hydrogen (secondary N) is 1. The molecule has 0 aliphatic rings. The summed E-state index contributed by atoms with van der Waals surface area (Å²) in [5.74, 6) is 0. The van der Waals surface area contributed by atoms with Gasteiger partial charge in [-0.05, 0) is 20.8 Å². The quantitative estimate of drug-likeness (QED) is 0.785. The van der Waals surface area contributed by atoms with Gasteiger partial charge >= 0.3 is 6.03 Å². The number of rotatable bonds is 4. The lowest BCUT2D eigenvalue weighted by atomic mass is 10.2. The van der Waals surface area contributed by atoms with Gasteiger partial charge < -0.3 is 10.2 Å². The van der Waals surface area contributed by atoms with Crippen molar-refractivity contribution in [2.45, 2.75) is 33.4 Å². The molecule has 0 spiro atoms. The number of aromatic nitrogens is 3. The van der Waals surface area contributed by atoms with Gasteiger partial charge in [0, 0.05) is 29.7 Å². The minimum Gasteiger partial charge on any atom is -0.332 e. The highest BCUT2D eigenvalue weighted by atomic mass is 32.1. The topological polar surface area (TPSA) is 62.5 Å². The molecule has 1 atom stereocenters. The summed E-state index contributed by atoms with van der Waals surface area (Å²) in [6, 6.07) is -0.119. The van der Waals surface area contributed by atoms with Crippen molar-refractivity contribution in [2.24, 2.45) is 0 Å². The molecule has 6 nitrogen and oxygen atoms in total. The van der Waals surface area contributed by atoms with Crippen LogP contribution < -0.4 is 5.32 Å². The molecule has 3 aromatic rings. The summed E-state index contributed by atoms with van der Waals surface area (Å²) in [4.78, 5) is 25.0. The van der Waals surface area contributed by atoms with Gasteiger partial charge in [0.1, 0.15) is 0 Å². The Labute approximate surface area is 142 Å². The van der Waals surface area contributed by atoms with Crippen molar-refractivity contribution in [2.75, 3.05) is 7.05 Å². The molecule has 3 aromatic heterocycles. The van der Waals surface area contributed by atoms with Crippen molar-refractivity contribution in [1.82, 2.24) is 24.6 Å². The number of nitrogens with zero attached hydrogens (tertiary/aromatic N) is 4. The van der Waals surface area contributed by atoms with Crippen molar-refractivity contribution >= 4 is 33.7 Å². The number of thiazole rings is 2. The van der Waals surface area contributed by atoms with Crippen LogP contribution in [0.1, 0.15) is 34.2 Å². The van der Waals surface area contributed by atoms with Gasteiger partial charge in [0.25, 0.3) is 0 Å². The molecule has 0 aliphatic carbocycles. The molecule has 0 saturated heterocycles.